The number of piperidine rings is 1. The number of nitrogens with one attached hydrogen (secondary N) is 1. The van der Waals surface area contributed by atoms with Crippen LogP contribution >= 0.6 is 11.6 Å². The van der Waals surface area contributed by atoms with E-state index in [9.17, 15) is 19.2 Å². The maximum absolute atomic E-state index is 14.0. The van der Waals surface area contributed by atoms with Crippen LogP contribution in [0.5, 0.6) is 11.5 Å². The summed E-state index contributed by atoms with van der Waals surface area (Å²) in [7, 11) is 5.49. The van der Waals surface area contributed by atoms with Crippen molar-refractivity contribution in [1.29, 1.82) is 0 Å². The van der Waals surface area contributed by atoms with E-state index in [0.717, 1.165) is 65.8 Å². The largest absolute Gasteiger partial charge is 0.493 e. The fourth-order valence-electron chi connectivity index (χ4n) is 9.23. The molecule has 0 radical (unpaired) electrons. The molecule has 11 nitrogen and oxygen atoms in total. The van der Waals surface area contributed by atoms with Gasteiger partial charge in [-0.3, -0.25) is 28.8 Å². The van der Waals surface area contributed by atoms with Crippen LogP contribution < -0.4 is 30.3 Å². The van der Waals surface area contributed by atoms with Crippen molar-refractivity contribution in [3.63, 3.8) is 0 Å². The van der Waals surface area contributed by atoms with E-state index < -0.39 is 11.9 Å². The van der Waals surface area contributed by atoms with Gasteiger partial charge in [0.2, 0.25) is 17.7 Å². The van der Waals surface area contributed by atoms with Crippen molar-refractivity contribution in [2.75, 3.05) is 30.5 Å². The molecule has 1 saturated carbocycles. The second-order valence-electron chi connectivity index (χ2n) is 16.3. The summed E-state index contributed by atoms with van der Waals surface area (Å²) in [5, 5.41) is 3.01. The number of nitrogens with zero attached hydrogens (tertiary/aromatic N) is 4. The number of anilines is 2. The van der Waals surface area contributed by atoms with Crippen molar-refractivity contribution >= 4 is 51.7 Å². The first-order valence-electron chi connectivity index (χ1n) is 20.2. The average molecular weight is 804 g/mol. The highest BCUT2D eigenvalue weighted by Crippen LogP contribution is 2.44. The molecule has 2 aliphatic heterocycles. The molecule has 2 fully saturated rings. The van der Waals surface area contributed by atoms with Crippen LogP contribution in [0.3, 0.4) is 0 Å². The number of hydrogen-bond donors (Lipinski definition) is 1. The summed E-state index contributed by atoms with van der Waals surface area (Å²) in [6.45, 7) is 4.88. The van der Waals surface area contributed by atoms with Crippen LogP contribution in [0.15, 0.2) is 83.7 Å². The summed E-state index contributed by atoms with van der Waals surface area (Å²) in [6.07, 6.45) is 4.98. The lowest BCUT2D eigenvalue weighted by Crippen LogP contribution is -2.44. The number of methoxy groups -OCH3 is 1. The number of aryl methyl sites for hydroxylation is 1. The predicted octanol–water partition coefficient (Wildman–Crippen LogP) is 7.86. The van der Waals surface area contributed by atoms with Gasteiger partial charge in [-0.15, -0.1) is 0 Å². The van der Waals surface area contributed by atoms with Gasteiger partial charge in [0, 0.05) is 43.5 Å². The number of fused-ring (bicyclic) bond motifs is 2. The zero-order valence-electron chi connectivity index (χ0n) is 33.7. The SMILES string of the molecule is COc1cc2c(cc1OC(C)C)[C@H](c1ccc(Cl)cc1)N(c1ccc(N(C)CC3CCC(c4ccc5c(c4)n(C)c(=O)n5C4CCC(=O)NC4=O)CC3)cc1)C(=O)C2. The molecule has 0 spiro atoms. The Labute approximate surface area is 343 Å². The Bertz CT molecular complexity index is 2430. The fourth-order valence-corrected chi connectivity index (χ4v) is 9.36. The van der Waals surface area contributed by atoms with Gasteiger partial charge in [-0.05, 0) is 141 Å². The molecule has 3 aliphatic rings. The van der Waals surface area contributed by atoms with Gasteiger partial charge in [-0.1, -0.05) is 29.8 Å². The molecule has 8 rings (SSSR count). The van der Waals surface area contributed by atoms with Crippen LogP contribution in [-0.2, 0) is 27.9 Å². The Balaban J connectivity index is 0.961. The molecule has 3 amide bonds. The number of halogens is 1. The topological polar surface area (TPSA) is 115 Å². The highest BCUT2D eigenvalue weighted by molar-refractivity contribution is 6.30. The van der Waals surface area contributed by atoms with Gasteiger partial charge in [0.05, 0.1) is 36.7 Å². The maximum atomic E-state index is 14.0. The summed E-state index contributed by atoms with van der Waals surface area (Å²) in [6, 6.07) is 25.0. The lowest BCUT2D eigenvalue weighted by atomic mass is 9.78. The lowest BCUT2D eigenvalue weighted by Gasteiger charge is -2.38. The normalized spacial score (nSPS) is 20.9. The Hall–Kier alpha value is -5.55. The van der Waals surface area contributed by atoms with E-state index in [0.29, 0.717) is 40.3 Å². The zero-order chi connectivity index (χ0) is 40.8. The second kappa shape index (κ2) is 16.0. The van der Waals surface area contributed by atoms with Crippen molar-refractivity contribution in [3.8, 4) is 11.5 Å². The Morgan fingerprint density at radius 2 is 1.55 bits per heavy atom. The van der Waals surface area contributed by atoms with Gasteiger partial charge in [0.25, 0.3) is 0 Å². The third-order valence-electron chi connectivity index (χ3n) is 12.2. The minimum atomic E-state index is -0.692. The number of carbonyl (C=O) groups is 3. The molecule has 3 heterocycles. The van der Waals surface area contributed by atoms with Gasteiger partial charge in [-0.25, -0.2) is 4.79 Å². The van der Waals surface area contributed by atoms with Gasteiger partial charge in [-0.2, -0.15) is 0 Å². The van der Waals surface area contributed by atoms with E-state index in [1.165, 1.54) is 10.1 Å². The summed E-state index contributed by atoms with van der Waals surface area (Å²) in [4.78, 5) is 55.9. The summed E-state index contributed by atoms with van der Waals surface area (Å²) < 4.78 is 15.0. The molecule has 5 aromatic rings. The summed E-state index contributed by atoms with van der Waals surface area (Å²) in [5.41, 5.74) is 7.24. The molecule has 1 aliphatic carbocycles. The van der Waals surface area contributed by atoms with E-state index in [2.05, 4.69) is 41.5 Å². The predicted molar refractivity (Wildman–Crippen MR) is 226 cm³/mol. The van der Waals surface area contributed by atoms with Crippen LogP contribution in [0.2, 0.25) is 5.02 Å². The Morgan fingerprint density at radius 3 is 2.22 bits per heavy atom. The molecule has 1 aromatic heterocycles. The molecule has 4 aromatic carbocycles. The summed E-state index contributed by atoms with van der Waals surface area (Å²) in [5.74, 6) is 1.44. The first kappa shape index (κ1) is 39.3. The zero-order valence-corrected chi connectivity index (χ0v) is 34.4. The first-order chi connectivity index (χ1) is 27.9. The van der Waals surface area contributed by atoms with E-state index >= 15 is 0 Å². The van der Waals surface area contributed by atoms with Crippen molar-refractivity contribution in [3.05, 3.63) is 117 Å². The molecule has 302 valence electrons. The molecule has 58 heavy (non-hydrogen) atoms. The molecule has 1 unspecified atom stereocenters. The highest BCUT2D eigenvalue weighted by Gasteiger charge is 2.37. The van der Waals surface area contributed by atoms with Crippen molar-refractivity contribution in [2.24, 2.45) is 13.0 Å². The number of aromatic nitrogens is 2. The van der Waals surface area contributed by atoms with Crippen molar-refractivity contribution in [1.82, 2.24) is 14.5 Å². The van der Waals surface area contributed by atoms with E-state index in [4.69, 9.17) is 21.1 Å². The maximum Gasteiger partial charge on any atom is 0.329 e. The second-order valence-corrected chi connectivity index (χ2v) is 16.7. The van der Waals surface area contributed by atoms with Gasteiger partial charge in [0.15, 0.2) is 11.5 Å². The molecule has 2 atom stereocenters. The number of amides is 3. The smallest absolute Gasteiger partial charge is 0.329 e. The van der Waals surface area contributed by atoms with Gasteiger partial charge < -0.3 is 19.3 Å². The number of rotatable bonds is 10. The Morgan fingerprint density at radius 1 is 0.845 bits per heavy atom. The van der Waals surface area contributed by atoms with E-state index in [1.54, 1.807) is 18.7 Å². The van der Waals surface area contributed by atoms with Gasteiger partial charge >= 0.3 is 5.69 Å². The van der Waals surface area contributed by atoms with Crippen LogP contribution in [-0.4, -0.2) is 53.7 Å². The standard InChI is InChI=1S/C46H50ClN5O6/c1-27(2)58-41-25-36-32(23-40(41)57-5)24-43(54)51(44(36)30-10-13-33(47)14-11-30)35-17-15-34(16-18-35)49(3)26-28-6-8-29(9-7-28)31-12-19-37-39(22-31)50(4)46(56)52(37)38-20-21-42(53)48-45(38)55/h10-19,22-23,25,27-29,38,44H,6-9,20-21,24,26H2,1-5H3,(H,48,53,55)/t28?,29?,38?,44-/m0/s1. The monoisotopic (exact) mass is 803 g/mol. The molecule has 1 saturated heterocycles. The summed E-state index contributed by atoms with van der Waals surface area (Å²) >= 11 is 6.32. The number of ether oxygens (including phenoxy) is 2. The van der Waals surface area contributed by atoms with Crippen LogP contribution in [0.4, 0.5) is 11.4 Å². The fraction of sp³-hybridized carbons (Fsp3) is 0.391. The Kier molecular flexibility index (Phi) is 10.8. The third-order valence-corrected chi connectivity index (χ3v) is 12.4. The van der Waals surface area contributed by atoms with Crippen molar-refractivity contribution in [2.45, 2.75) is 82.9 Å². The van der Waals surface area contributed by atoms with Crippen LogP contribution in [0.1, 0.15) is 92.6 Å². The molecular weight excluding hydrogens is 754 g/mol. The minimum Gasteiger partial charge on any atom is -0.493 e. The number of imide groups is 1. The number of benzene rings is 4. The third kappa shape index (κ3) is 7.48. The minimum absolute atomic E-state index is 0.00171. The van der Waals surface area contributed by atoms with Crippen molar-refractivity contribution < 1.29 is 23.9 Å². The van der Waals surface area contributed by atoms with Gasteiger partial charge in [0.1, 0.15) is 6.04 Å². The molecular formula is C46H50ClN5O6. The molecule has 12 heteroatoms. The van der Waals surface area contributed by atoms with Crippen LogP contribution in [0.25, 0.3) is 11.0 Å². The van der Waals surface area contributed by atoms with E-state index in [1.807, 2.05) is 73.3 Å². The average Bonchev–Trinajstić information content (AvgIpc) is 3.45. The number of hydrogen-bond acceptors (Lipinski definition) is 7. The quantitative estimate of drug-likeness (QED) is 0.143. The first-order valence-corrected chi connectivity index (χ1v) is 20.6. The van der Waals surface area contributed by atoms with Crippen LogP contribution in [0, 0.1) is 5.92 Å². The van der Waals surface area contributed by atoms with E-state index in [-0.39, 0.29) is 42.5 Å². The molecule has 0 bridgehead atoms. The lowest BCUT2D eigenvalue weighted by molar-refractivity contribution is -0.135. The highest BCUT2D eigenvalue weighted by atomic mass is 35.5. The number of imidazole rings is 1. The number of carbonyl (C=O) groups excluding carboxylic acids is 3. The molecule has 1 N–H and O–H groups in total.